The maximum atomic E-state index is 2.57. The topological polar surface area (TPSA) is 0 Å². The molecule has 3 rings (SSSR count). The van der Waals surface area contributed by atoms with Crippen LogP contribution in [0.4, 0.5) is 0 Å². The van der Waals surface area contributed by atoms with E-state index in [2.05, 4.69) is 117 Å². The zero-order valence-electron chi connectivity index (χ0n) is 18.0. The first kappa shape index (κ1) is 21.5. The molecule has 3 aromatic rings. The van der Waals surface area contributed by atoms with Gasteiger partial charge in [0.05, 0.1) is 0 Å². The Kier molecular flexibility index (Phi) is 7.45. The molecule has 0 unspecified atom stereocenters. The van der Waals surface area contributed by atoms with Gasteiger partial charge in [-0.2, -0.15) is 0 Å². The van der Waals surface area contributed by atoms with Crippen LogP contribution in [0.15, 0.2) is 103 Å². The van der Waals surface area contributed by atoms with Gasteiger partial charge in [0.25, 0.3) is 0 Å². The van der Waals surface area contributed by atoms with E-state index in [1.807, 2.05) is 0 Å². The SMILES string of the molecule is CCCCC/C=C\CCP(C)(c1ccccc1)(c1ccccc1)c1ccccc1. The summed E-state index contributed by atoms with van der Waals surface area (Å²) in [4.78, 5) is 0. The summed E-state index contributed by atoms with van der Waals surface area (Å²) in [6.45, 7) is 2.27. The third-order valence-electron chi connectivity index (χ3n) is 6.36. The number of unbranched alkanes of at least 4 members (excludes halogenated alkanes) is 3. The molecule has 0 aromatic heterocycles. The normalized spacial score (nSPS) is 13.2. The maximum absolute atomic E-state index is 2.57. The summed E-state index contributed by atoms with van der Waals surface area (Å²) in [6.07, 6.45) is 12.2. The van der Waals surface area contributed by atoms with Gasteiger partial charge in [0.15, 0.2) is 0 Å². The molecule has 0 fully saturated rings. The van der Waals surface area contributed by atoms with Gasteiger partial charge >= 0.3 is 178 Å². The van der Waals surface area contributed by atoms with Crippen LogP contribution in [0.5, 0.6) is 0 Å². The van der Waals surface area contributed by atoms with E-state index in [0.29, 0.717) is 0 Å². The molecule has 0 heterocycles. The van der Waals surface area contributed by atoms with E-state index in [1.165, 1.54) is 41.6 Å². The fourth-order valence-corrected chi connectivity index (χ4v) is 9.88. The van der Waals surface area contributed by atoms with Crippen molar-refractivity contribution in [3.8, 4) is 0 Å². The van der Waals surface area contributed by atoms with Crippen molar-refractivity contribution in [2.45, 2.75) is 39.0 Å². The molecule has 0 atom stereocenters. The van der Waals surface area contributed by atoms with Crippen molar-refractivity contribution >= 4 is 22.5 Å². The number of hydrogen-bond donors (Lipinski definition) is 0. The Balaban J connectivity index is 2.07. The molecule has 0 aliphatic carbocycles. The molecule has 0 bridgehead atoms. The molecule has 29 heavy (non-hydrogen) atoms. The van der Waals surface area contributed by atoms with E-state index >= 15 is 0 Å². The van der Waals surface area contributed by atoms with Gasteiger partial charge in [-0.1, -0.05) is 0 Å². The van der Waals surface area contributed by atoms with E-state index in [0.717, 1.165) is 12.6 Å². The monoisotopic (exact) mass is 402 g/mol. The fourth-order valence-electron chi connectivity index (χ4n) is 4.47. The minimum atomic E-state index is -2.56. The minimum absolute atomic E-state index is 1.11. The second kappa shape index (κ2) is 10.0. The van der Waals surface area contributed by atoms with E-state index < -0.39 is 6.60 Å². The zero-order valence-corrected chi connectivity index (χ0v) is 18.9. The third kappa shape index (κ3) is 4.54. The first-order valence-electron chi connectivity index (χ1n) is 11.0. The molecule has 3 aromatic carbocycles. The van der Waals surface area contributed by atoms with Crippen molar-refractivity contribution in [2.75, 3.05) is 12.8 Å². The van der Waals surface area contributed by atoms with Crippen LogP contribution in [0.1, 0.15) is 39.0 Å². The molecule has 152 valence electrons. The number of rotatable bonds is 10. The molecule has 0 saturated carbocycles. The van der Waals surface area contributed by atoms with Crippen molar-refractivity contribution in [3.63, 3.8) is 0 Å². The number of allylic oxidation sites excluding steroid dienone is 2. The van der Waals surface area contributed by atoms with Crippen LogP contribution in [0.3, 0.4) is 0 Å². The molecule has 0 N–H and O–H groups in total. The Morgan fingerprint density at radius 2 is 1.00 bits per heavy atom. The first-order valence-corrected chi connectivity index (χ1v) is 13.9. The molecule has 0 amide bonds. The Morgan fingerprint density at radius 1 is 0.586 bits per heavy atom. The van der Waals surface area contributed by atoms with Crippen LogP contribution in [0.2, 0.25) is 0 Å². The molecule has 0 spiro atoms. The molecule has 0 nitrogen and oxygen atoms in total. The Hall–Kier alpha value is -2.17. The van der Waals surface area contributed by atoms with Gasteiger partial charge in [0.2, 0.25) is 0 Å². The van der Waals surface area contributed by atoms with E-state index in [4.69, 9.17) is 0 Å². The van der Waals surface area contributed by atoms with Gasteiger partial charge in [-0.15, -0.1) is 0 Å². The van der Waals surface area contributed by atoms with E-state index in [9.17, 15) is 0 Å². The van der Waals surface area contributed by atoms with Crippen LogP contribution in [-0.2, 0) is 0 Å². The van der Waals surface area contributed by atoms with Crippen LogP contribution in [-0.4, -0.2) is 12.8 Å². The molecule has 0 saturated heterocycles. The second-order valence-corrected chi connectivity index (χ2v) is 13.9. The summed E-state index contributed by atoms with van der Waals surface area (Å²) >= 11 is 0. The van der Waals surface area contributed by atoms with Crippen molar-refractivity contribution in [2.24, 2.45) is 0 Å². The average molecular weight is 403 g/mol. The summed E-state index contributed by atoms with van der Waals surface area (Å²) in [5.74, 6) is 0. The van der Waals surface area contributed by atoms with Crippen LogP contribution < -0.4 is 15.9 Å². The molecule has 0 radical (unpaired) electrons. The van der Waals surface area contributed by atoms with Gasteiger partial charge in [-0.05, 0) is 0 Å². The summed E-state index contributed by atoms with van der Waals surface area (Å²) in [7, 11) is 0. The van der Waals surface area contributed by atoms with Crippen LogP contribution >= 0.6 is 6.60 Å². The Morgan fingerprint density at radius 3 is 1.41 bits per heavy atom. The summed E-state index contributed by atoms with van der Waals surface area (Å²) in [5.41, 5.74) is 0. The molecular weight excluding hydrogens is 367 g/mol. The standard InChI is InChI=1S/C28H35P/c1-3-4-5-6-7-8-18-25-29(2,26-19-12-9-13-20-26,27-21-14-10-15-22-27)28-23-16-11-17-24-28/h7-17,19-24H,3-6,18,25H2,1-2H3/b8-7-. The molecule has 1 heteroatoms. The van der Waals surface area contributed by atoms with Crippen molar-refractivity contribution in [3.05, 3.63) is 103 Å². The van der Waals surface area contributed by atoms with E-state index in [-0.39, 0.29) is 0 Å². The Labute approximate surface area is 177 Å². The first-order chi connectivity index (χ1) is 14.2. The van der Waals surface area contributed by atoms with Crippen molar-refractivity contribution in [1.29, 1.82) is 0 Å². The van der Waals surface area contributed by atoms with Gasteiger partial charge in [-0.3, -0.25) is 0 Å². The molecule has 0 aliphatic rings. The fraction of sp³-hybridized carbons (Fsp3) is 0.286. The summed E-state index contributed by atoms with van der Waals surface area (Å²) < 4.78 is 0. The summed E-state index contributed by atoms with van der Waals surface area (Å²) in [5, 5.41) is 4.45. The van der Waals surface area contributed by atoms with Gasteiger partial charge in [0, 0.05) is 0 Å². The van der Waals surface area contributed by atoms with Gasteiger partial charge in [-0.25, -0.2) is 0 Å². The van der Waals surface area contributed by atoms with Gasteiger partial charge in [0.1, 0.15) is 0 Å². The number of hydrogen-bond acceptors (Lipinski definition) is 0. The second-order valence-electron chi connectivity index (χ2n) is 8.28. The average Bonchev–Trinajstić information content (AvgIpc) is 2.80. The Bertz CT molecular complexity index is 782. The molecular formula is C28H35P. The van der Waals surface area contributed by atoms with Crippen LogP contribution in [0.25, 0.3) is 0 Å². The predicted molar refractivity (Wildman–Crippen MR) is 134 cm³/mol. The third-order valence-corrected chi connectivity index (χ3v) is 12.8. The van der Waals surface area contributed by atoms with Crippen molar-refractivity contribution in [1.82, 2.24) is 0 Å². The molecule has 0 aliphatic heterocycles. The van der Waals surface area contributed by atoms with E-state index in [1.54, 1.807) is 0 Å². The van der Waals surface area contributed by atoms with Crippen LogP contribution in [0, 0.1) is 0 Å². The predicted octanol–water partition coefficient (Wildman–Crippen LogP) is 6.67. The van der Waals surface area contributed by atoms with Gasteiger partial charge < -0.3 is 0 Å². The summed E-state index contributed by atoms with van der Waals surface area (Å²) in [6, 6.07) is 33.7. The quantitative estimate of drug-likeness (QED) is 0.202. The number of benzene rings is 3. The zero-order chi connectivity index (χ0) is 20.4. The van der Waals surface area contributed by atoms with Crippen molar-refractivity contribution < 1.29 is 0 Å².